The molecule has 1 heterocycles. The summed E-state index contributed by atoms with van der Waals surface area (Å²) in [5, 5.41) is 12.4. The predicted molar refractivity (Wildman–Crippen MR) is 80.4 cm³/mol. The van der Waals surface area contributed by atoms with Crippen LogP contribution >= 0.6 is 0 Å². The summed E-state index contributed by atoms with van der Waals surface area (Å²) < 4.78 is 5.29. The smallest absolute Gasteiger partial charge is 0.181 e. The molecule has 102 valence electrons. The molecule has 0 aliphatic heterocycles. The number of rotatable bonds is 4. The molecule has 4 heteroatoms. The van der Waals surface area contributed by atoms with Gasteiger partial charge in [0.15, 0.2) is 12.2 Å². The summed E-state index contributed by atoms with van der Waals surface area (Å²) in [6.45, 7) is 0.601. The molecule has 0 amide bonds. The molecule has 21 heavy (non-hydrogen) atoms. The van der Waals surface area contributed by atoms with Crippen molar-refractivity contribution in [1.29, 1.82) is 5.26 Å². The fourth-order valence-corrected chi connectivity index (χ4v) is 2.12. The molecule has 1 aromatic heterocycles. The fraction of sp³-hybridized carbons (Fsp3) is 0.0588. The van der Waals surface area contributed by atoms with Gasteiger partial charge in [0.05, 0.1) is 17.8 Å². The summed E-state index contributed by atoms with van der Waals surface area (Å²) >= 11 is 0. The number of anilines is 1. The number of nitriles is 1. The van der Waals surface area contributed by atoms with Gasteiger partial charge in [0.25, 0.3) is 0 Å². The first-order valence-electron chi connectivity index (χ1n) is 6.57. The second kappa shape index (κ2) is 5.93. The molecule has 0 bridgehead atoms. The van der Waals surface area contributed by atoms with E-state index in [0.29, 0.717) is 12.1 Å². The summed E-state index contributed by atoms with van der Waals surface area (Å²) in [6.07, 6.45) is 3.10. The molecular weight excluding hydrogens is 262 g/mol. The zero-order valence-corrected chi connectivity index (χ0v) is 11.3. The Kier molecular flexibility index (Phi) is 3.66. The number of oxazole rings is 1. The standard InChI is InChI=1S/C17H13N3O/c18-9-14-4-1-2-5-15(14)10-20-16-7-3-6-13(8-16)17-11-19-12-21-17/h1-8,11-12,20H,10H2. The van der Waals surface area contributed by atoms with Gasteiger partial charge in [0.1, 0.15) is 0 Å². The third-order valence-electron chi connectivity index (χ3n) is 3.20. The van der Waals surface area contributed by atoms with E-state index in [1.807, 2.05) is 48.5 Å². The van der Waals surface area contributed by atoms with Gasteiger partial charge >= 0.3 is 0 Å². The number of hydrogen-bond donors (Lipinski definition) is 1. The second-order valence-electron chi connectivity index (χ2n) is 4.57. The summed E-state index contributed by atoms with van der Waals surface area (Å²) in [5.74, 6) is 0.732. The van der Waals surface area contributed by atoms with Gasteiger partial charge in [-0.2, -0.15) is 5.26 Å². The van der Waals surface area contributed by atoms with E-state index in [2.05, 4.69) is 16.4 Å². The van der Waals surface area contributed by atoms with Gasteiger partial charge in [0, 0.05) is 17.8 Å². The van der Waals surface area contributed by atoms with E-state index in [9.17, 15) is 0 Å². The topological polar surface area (TPSA) is 61.9 Å². The average Bonchev–Trinajstić information content (AvgIpc) is 3.08. The van der Waals surface area contributed by atoms with E-state index >= 15 is 0 Å². The van der Waals surface area contributed by atoms with Gasteiger partial charge in [-0.15, -0.1) is 0 Å². The van der Waals surface area contributed by atoms with Crippen LogP contribution in [0.5, 0.6) is 0 Å². The van der Waals surface area contributed by atoms with E-state index in [1.54, 1.807) is 6.20 Å². The molecule has 0 saturated heterocycles. The van der Waals surface area contributed by atoms with Crippen LogP contribution in [0.15, 0.2) is 65.5 Å². The van der Waals surface area contributed by atoms with Crippen molar-refractivity contribution in [2.45, 2.75) is 6.54 Å². The van der Waals surface area contributed by atoms with Crippen LogP contribution in [0.25, 0.3) is 11.3 Å². The number of aromatic nitrogens is 1. The van der Waals surface area contributed by atoms with Gasteiger partial charge in [0.2, 0.25) is 0 Å². The molecule has 3 rings (SSSR count). The Hall–Kier alpha value is -3.06. The van der Waals surface area contributed by atoms with Crippen LogP contribution < -0.4 is 5.32 Å². The monoisotopic (exact) mass is 275 g/mol. The number of benzene rings is 2. The molecule has 0 saturated carbocycles. The van der Waals surface area contributed by atoms with Gasteiger partial charge in [-0.1, -0.05) is 30.3 Å². The van der Waals surface area contributed by atoms with Crippen molar-refractivity contribution < 1.29 is 4.42 Å². The lowest BCUT2D eigenvalue weighted by Gasteiger charge is -2.08. The lowest BCUT2D eigenvalue weighted by Crippen LogP contribution is -2.01. The lowest BCUT2D eigenvalue weighted by atomic mass is 10.1. The van der Waals surface area contributed by atoms with Crippen molar-refractivity contribution in [2.24, 2.45) is 0 Å². The normalized spacial score (nSPS) is 10.0. The molecule has 0 aliphatic rings. The maximum absolute atomic E-state index is 9.09. The first-order chi connectivity index (χ1) is 10.4. The number of hydrogen-bond acceptors (Lipinski definition) is 4. The highest BCUT2D eigenvalue weighted by atomic mass is 16.3. The van der Waals surface area contributed by atoms with Gasteiger partial charge in [-0.3, -0.25) is 0 Å². The summed E-state index contributed by atoms with van der Waals surface area (Å²) in [6, 6.07) is 17.7. The largest absolute Gasteiger partial charge is 0.444 e. The number of nitrogens with one attached hydrogen (secondary N) is 1. The van der Waals surface area contributed by atoms with E-state index in [0.717, 1.165) is 22.6 Å². The van der Waals surface area contributed by atoms with Crippen LogP contribution in [-0.4, -0.2) is 4.98 Å². The quantitative estimate of drug-likeness (QED) is 0.786. The Bertz CT molecular complexity index is 773. The van der Waals surface area contributed by atoms with Gasteiger partial charge < -0.3 is 9.73 Å². The first kappa shape index (κ1) is 12.9. The Labute approximate surface area is 122 Å². The van der Waals surface area contributed by atoms with Crippen LogP contribution in [-0.2, 0) is 6.54 Å². The lowest BCUT2D eigenvalue weighted by molar-refractivity contribution is 0.572. The third kappa shape index (κ3) is 2.93. The highest BCUT2D eigenvalue weighted by Gasteiger charge is 2.04. The van der Waals surface area contributed by atoms with E-state index in [1.165, 1.54) is 6.39 Å². The maximum Gasteiger partial charge on any atom is 0.181 e. The minimum atomic E-state index is 0.601. The number of nitrogens with zero attached hydrogens (tertiary/aromatic N) is 2. The first-order valence-corrected chi connectivity index (χ1v) is 6.57. The van der Waals surface area contributed by atoms with E-state index in [4.69, 9.17) is 9.68 Å². The zero-order valence-electron chi connectivity index (χ0n) is 11.3. The van der Waals surface area contributed by atoms with Crippen LogP contribution in [0.3, 0.4) is 0 Å². The minimum Gasteiger partial charge on any atom is -0.444 e. The zero-order chi connectivity index (χ0) is 14.5. The molecule has 0 aliphatic carbocycles. The molecule has 0 atom stereocenters. The van der Waals surface area contributed by atoms with Gasteiger partial charge in [-0.25, -0.2) is 4.98 Å². The highest BCUT2D eigenvalue weighted by Crippen LogP contribution is 2.22. The summed E-state index contributed by atoms with van der Waals surface area (Å²) in [5.41, 5.74) is 3.60. The van der Waals surface area contributed by atoms with Crippen molar-refractivity contribution in [3.05, 3.63) is 72.2 Å². The molecule has 0 spiro atoms. The Morgan fingerprint density at radius 3 is 2.86 bits per heavy atom. The van der Waals surface area contributed by atoms with Crippen molar-refractivity contribution in [3.63, 3.8) is 0 Å². The average molecular weight is 275 g/mol. The van der Waals surface area contributed by atoms with E-state index in [-0.39, 0.29) is 0 Å². The maximum atomic E-state index is 9.09. The van der Waals surface area contributed by atoms with Crippen molar-refractivity contribution in [1.82, 2.24) is 4.98 Å². The minimum absolute atomic E-state index is 0.601. The molecular formula is C17H13N3O. The van der Waals surface area contributed by atoms with E-state index < -0.39 is 0 Å². The van der Waals surface area contributed by atoms with Gasteiger partial charge in [-0.05, 0) is 23.8 Å². The Balaban J connectivity index is 1.77. The SMILES string of the molecule is N#Cc1ccccc1CNc1cccc(-c2cnco2)c1. The Morgan fingerprint density at radius 1 is 1.14 bits per heavy atom. The summed E-state index contributed by atoms with van der Waals surface area (Å²) in [7, 11) is 0. The van der Waals surface area contributed by atoms with Crippen LogP contribution in [0.4, 0.5) is 5.69 Å². The van der Waals surface area contributed by atoms with Crippen molar-refractivity contribution >= 4 is 5.69 Å². The van der Waals surface area contributed by atoms with Crippen LogP contribution in [0.2, 0.25) is 0 Å². The molecule has 0 unspecified atom stereocenters. The molecule has 0 fully saturated rings. The van der Waals surface area contributed by atoms with Crippen LogP contribution in [0.1, 0.15) is 11.1 Å². The van der Waals surface area contributed by atoms with Crippen molar-refractivity contribution in [2.75, 3.05) is 5.32 Å². The van der Waals surface area contributed by atoms with Crippen molar-refractivity contribution in [3.8, 4) is 17.4 Å². The molecule has 4 nitrogen and oxygen atoms in total. The predicted octanol–water partition coefficient (Wildman–Crippen LogP) is 3.83. The molecule has 2 aromatic carbocycles. The third-order valence-corrected chi connectivity index (χ3v) is 3.20. The molecule has 0 radical (unpaired) electrons. The van der Waals surface area contributed by atoms with Crippen LogP contribution in [0, 0.1) is 11.3 Å². The summed E-state index contributed by atoms with van der Waals surface area (Å²) in [4.78, 5) is 3.92. The highest BCUT2D eigenvalue weighted by molar-refractivity contribution is 5.63. The molecule has 1 N–H and O–H groups in total. The fourth-order valence-electron chi connectivity index (χ4n) is 2.12. The Morgan fingerprint density at radius 2 is 2.05 bits per heavy atom. The molecule has 3 aromatic rings. The second-order valence-corrected chi connectivity index (χ2v) is 4.57.